The lowest BCUT2D eigenvalue weighted by atomic mass is 10.1. The van der Waals surface area contributed by atoms with Gasteiger partial charge in [0.2, 0.25) is 0 Å². The minimum absolute atomic E-state index is 0.0551. The van der Waals surface area contributed by atoms with E-state index in [9.17, 15) is 14.4 Å². The average molecular weight is 345 g/mol. The van der Waals surface area contributed by atoms with Gasteiger partial charge in [0.15, 0.2) is 5.78 Å². The van der Waals surface area contributed by atoms with Crippen LogP contribution in [0.3, 0.4) is 0 Å². The van der Waals surface area contributed by atoms with E-state index in [0.29, 0.717) is 35.6 Å². The van der Waals surface area contributed by atoms with Crippen molar-refractivity contribution in [2.45, 2.75) is 13.3 Å². The number of carbonyl (C=O) groups excluding carboxylic acids is 3. The first-order valence-corrected chi connectivity index (χ1v) is 8.42. The Kier molecular flexibility index (Phi) is 6.51. The normalized spacial score (nSPS) is 10.0. The molecule has 3 amide bonds. The summed E-state index contributed by atoms with van der Waals surface area (Å²) in [6.07, 6.45) is 0.623. The molecule has 24 heavy (non-hydrogen) atoms. The van der Waals surface area contributed by atoms with Crippen LogP contribution in [0.15, 0.2) is 41.8 Å². The molecule has 0 bridgehead atoms. The number of carbonyl (C=O) groups is 3. The van der Waals surface area contributed by atoms with E-state index in [2.05, 4.69) is 16.0 Å². The summed E-state index contributed by atoms with van der Waals surface area (Å²) in [6, 6.07) is 10.00. The summed E-state index contributed by atoms with van der Waals surface area (Å²) in [5, 5.41) is 10.0. The van der Waals surface area contributed by atoms with Gasteiger partial charge < -0.3 is 16.0 Å². The van der Waals surface area contributed by atoms with Crippen molar-refractivity contribution in [1.82, 2.24) is 10.6 Å². The molecule has 0 saturated carbocycles. The van der Waals surface area contributed by atoms with Crippen molar-refractivity contribution < 1.29 is 14.4 Å². The highest BCUT2D eigenvalue weighted by Gasteiger charge is 2.06. The number of rotatable bonds is 7. The summed E-state index contributed by atoms with van der Waals surface area (Å²) in [4.78, 5) is 35.5. The second-order valence-electron chi connectivity index (χ2n) is 5.10. The van der Waals surface area contributed by atoms with Crippen LogP contribution >= 0.6 is 11.3 Å². The number of thiophene rings is 1. The van der Waals surface area contributed by atoms with Crippen LogP contribution in [0.25, 0.3) is 0 Å². The van der Waals surface area contributed by atoms with Gasteiger partial charge in [-0.2, -0.15) is 0 Å². The number of hydrogen-bond donors (Lipinski definition) is 3. The fraction of sp³-hybridized carbons (Fsp3) is 0.235. The summed E-state index contributed by atoms with van der Waals surface area (Å²) >= 11 is 1.39. The van der Waals surface area contributed by atoms with Gasteiger partial charge in [0.05, 0.1) is 4.88 Å². The Labute approximate surface area is 144 Å². The van der Waals surface area contributed by atoms with Crippen LogP contribution in [0.4, 0.5) is 10.5 Å². The second kappa shape index (κ2) is 8.83. The number of urea groups is 1. The third kappa shape index (κ3) is 5.51. The van der Waals surface area contributed by atoms with E-state index in [0.717, 1.165) is 0 Å². The minimum Gasteiger partial charge on any atom is -0.351 e. The van der Waals surface area contributed by atoms with E-state index in [-0.39, 0.29) is 17.7 Å². The van der Waals surface area contributed by atoms with E-state index in [1.165, 1.54) is 18.3 Å². The van der Waals surface area contributed by atoms with Crippen molar-refractivity contribution >= 4 is 34.7 Å². The highest BCUT2D eigenvalue weighted by molar-refractivity contribution is 7.12. The number of ketones is 1. The Hall–Kier alpha value is -2.67. The zero-order chi connectivity index (χ0) is 17.4. The van der Waals surface area contributed by atoms with Crippen molar-refractivity contribution in [2.75, 3.05) is 18.4 Å². The third-order valence-electron chi connectivity index (χ3n) is 3.20. The highest BCUT2D eigenvalue weighted by atomic mass is 32.1. The monoisotopic (exact) mass is 345 g/mol. The van der Waals surface area contributed by atoms with E-state index >= 15 is 0 Å². The average Bonchev–Trinajstić information content (AvgIpc) is 3.09. The maximum Gasteiger partial charge on any atom is 0.319 e. The molecule has 0 spiro atoms. The fourth-order valence-electron chi connectivity index (χ4n) is 1.98. The standard InChI is InChI=1S/C17H19N3O3S/c1-12(21)13-5-2-6-14(11-13)20-17(23)19-9-4-8-18-16(22)15-7-3-10-24-15/h2-3,5-7,10-11H,4,8-9H2,1H3,(H,18,22)(H2,19,20,23). The number of hydrogen-bond acceptors (Lipinski definition) is 4. The summed E-state index contributed by atoms with van der Waals surface area (Å²) in [5.74, 6) is -0.156. The predicted octanol–water partition coefficient (Wildman–Crippen LogP) is 2.89. The molecule has 0 atom stereocenters. The lowest BCUT2D eigenvalue weighted by molar-refractivity contribution is 0.0956. The zero-order valence-corrected chi connectivity index (χ0v) is 14.1. The maximum absolute atomic E-state index is 11.8. The third-order valence-corrected chi connectivity index (χ3v) is 4.07. The Bertz CT molecular complexity index is 714. The van der Waals surface area contributed by atoms with Crippen molar-refractivity contribution in [3.63, 3.8) is 0 Å². The molecule has 2 aromatic rings. The molecule has 0 saturated heterocycles. The van der Waals surface area contributed by atoms with Crippen molar-refractivity contribution in [3.8, 4) is 0 Å². The molecule has 0 aliphatic carbocycles. The predicted molar refractivity (Wildman–Crippen MR) is 94.7 cm³/mol. The lowest BCUT2D eigenvalue weighted by Crippen LogP contribution is -2.32. The van der Waals surface area contributed by atoms with E-state index in [1.54, 1.807) is 30.3 Å². The van der Waals surface area contributed by atoms with Gasteiger partial charge in [0.1, 0.15) is 0 Å². The summed E-state index contributed by atoms with van der Waals surface area (Å²) in [5.41, 5.74) is 1.11. The molecule has 7 heteroatoms. The number of nitrogens with one attached hydrogen (secondary N) is 3. The maximum atomic E-state index is 11.8. The van der Waals surface area contributed by atoms with E-state index < -0.39 is 0 Å². The van der Waals surface area contributed by atoms with Gasteiger partial charge in [0.25, 0.3) is 5.91 Å². The molecule has 0 aliphatic rings. The van der Waals surface area contributed by atoms with Crippen molar-refractivity contribution in [2.24, 2.45) is 0 Å². The molecule has 6 nitrogen and oxygen atoms in total. The number of anilines is 1. The van der Waals surface area contributed by atoms with E-state index in [4.69, 9.17) is 0 Å². The molecule has 1 aromatic carbocycles. The topological polar surface area (TPSA) is 87.3 Å². The smallest absolute Gasteiger partial charge is 0.319 e. The first kappa shape index (κ1) is 17.7. The Morgan fingerprint density at radius 3 is 2.54 bits per heavy atom. The first-order valence-electron chi connectivity index (χ1n) is 7.54. The number of benzene rings is 1. The van der Waals surface area contributed by atoms with Crippen molar-refractivity contribution in [1.29, 1.82) is 0 Å². The molecule has 3 N–H and O–H groups in total. The molecule has 0 unspecified atom stereocenters. The highest BCUT2D eigenvalue weighted by Crippen LogP contribution is 2.11. The van der Waals surface area contributed by atoms with Gasteiger partial charge in [-0.3, -0.25) is 9.59 Å². The van der Waals surface area contributed by atoms with Crippen LogP contribution < -0.4 is 16.0 Å². The largest absolute Gasteiger partial charge is 0.351 e. The van der Waals surface area contributed by atoms with Gasteiger partial charge in [-0.05, 0) is 36.9 Å². The molecule has 0 aliphatic heterocycles. The van der Waals surface area contributed by atoms with Crippen LogP contribution in [0.5, 0.6) is 0 Å². The zero-order valence-electron chi connectivity index (χ0n) is 13.3. The van der Waals surface area contributed by atoms with E-state index in [1.807, 2.05) is 11.4 Å². The molecule has 1 aromatic heterocycles. The summed E-state index contributed by atoms with van der Waals surface area (Å²) < 4.78 is 0. The molecule has 2 rings (SSSR count). The molecular formula is C17H19N3O3S. The van der Waals surface area contributed by atoms with Gasteiger partial charge in [0, 0.05) is 24.3 Å². The molecule has 0 radical (unpaired) electrons. The molecule has 1 heterocycles. The van der Waals surface area contributed by atoms with Crippen LogP contribution in [-0.2, 0) is 0 Å². The summed E-state index contributed by atoms with van der Waals surface area (Å²) in [6.45, 7) is 2.39. The van der Waals surface area contributed by atoms with Gasteiger partial charge in [-0.1, -0.05) is 18.2 Å². The Balaban J connectivity index is 1.65. The number of amides is 3. The minimum atomic E-state index is -0.347. The van der Waals surface area contributed by atoms with Crippen molar-refractivity contribution in [3.05, 3.63) is 52.2 Å². The quantitative estimate of drug-likeness (QED) is 0.533. The van der Waals surface area contributed by atoms with Crippen LogP contribution in [-0.4, -0.2) is 30.8 Å². The van der Waals surface area contributed by atoms with Crippen LogP contribution in [0.2, 0.25) is 0 Å². The Morgan fingerprint density at radius 1 is 1.04 bits per heavy atom. The number of Topliss-reactive ketones (excluding diaryl/α,β-unsaturated/α-hetero) is 1. The Morgan fingerprint density at radius 2 is 1.83 bits per heavy atom. The molecular weight excluding hydrogens is 326 g/mol. The molecule has 126 valence electrons. The first-order chi connectivity index (χ1) is 11.6. The lowest BCUT2D eigenvalue weighted by Gasteiger charge is -2.09. The van der Waals surface area contributed by atoms with Crippen LogP contribution in [0.1, 0.15) is 33.4 Å². The SMILES string of the molecule is CC(=O)c1cccc(NC(=O)NCCCNC(=O)c2cccs2)c1. The van der Waals surface area contributed by atoms with Gasteiger partial charge >= 0.3 is 6.03 Å². The second-order valence-corrected chi connectivity index (χ2v) is 6.05. The van der Waals surface area contributed by atoms with Gasteiger partial charge in [-0.25, -0.2) is 4.79 Å². The summed E-state index contributed by atoms with van der Waals surface area (Å²) in [7, 11) is 0. The van der Waals surface area contributed by atoms with Gasteiger partial charge in [-0.15, -0.1) is 11.3 Å². The fourth-order valence-corrected chi connectivity index (χ4v) is 2.62. The van der Waals surface area contributed by atoms with Crippen LogP contribution in [0, 0.1) is 0 Å². The molecule has 0 fully saturated rings.